The number of benzene rings is 2. The summed E-state index contributed by atoms with van der Waals surface area (Å²) in [7, 11) is 2.63. The maximum Gasteiger partial charge on any atom is 0.253 e. The van der Waals surface area contributed by atoms with Crippen molar-refractivity contribution in [2.45, 2.75) is 56.4 Å². The van der Waals surface area contributed by atoms with Crippen molar-refractivity contribution in [3.63, 3.8) is 0 Å². The van der Waals surface area contributed by atoms with Crippen LogP contribution in [-0.2, 0) is 27.5 Å². The minimum atomic E-state index is -3.16. The number of carbonyl (C=O) groups is 4. The predicted octanol–water partition coefficient (Wildman–Crippen LogP) is -2.86. The Morgan fingerprint density at radius 1 is 1.07 bits per heavy atom. The van der Waals surface area contributed by atoms with E-state index in [0.29, 0.717) is 11.1 Å². The van der Waals surface area contributed by atoms with Gasteiger partial charge in [0.05, 0.1) is 30.7 Å². The number of guanidine groups is 1. The molecule has 1 fully saturated rings. The fourth-order valence-electron chi connectivity index (χ4n) is 7.63. The zero-order valence-corrected chi connectivity index (χ0v) is 31.6. The molecule has 0 radical (unpaired) electrons. The fourth-order valence-corrected chi connectivity index (χ4v) is 7.63. The number of imide groups is 1. The number of aliphatic hydroxyl groups excluding tert-OH is 4. The van der Waals surface area contributed by atoms with E-state index in [1.165, 1.54) is 26.3 Å². The maximum atomic E-state index is 14.4. The molecule has 0 saturated carbocycles. The highest BCUT2D eigenvalue weighted by atomic mass is 16.8. The summed E-state index contributed by atoms with van der Waals surface area (Å²) in [5, 5.41) is 85.0. The number of nitrogens with zero attached hydrogens (tertiary/aromatic N) is 2. The van der Waals surface area contributed by atoms with Crippen LogP contribution in [0.5, 0.6) is 17.2 Å². The van der Waals surface area contributed by atoms with Gasteiger partial charge in [-0.25, -0.2) is 0 Å². The molecule has 0 spiro atoms. The number of hydrogen-bond donors (Lipinski definition) is 11. The van der Waals surface area contributed by atoms with Gasteiger partial charge in [0.25, 0.3) is 11.8 Å². The number of nitrogens with two attached hydrogens (primary N) is 2. The van der Waals surface area contributed by atoms with Crippen molar-refractivity contribution in [2.75, 3.05) is 33.9 Å². The Labute approximate surface area is 330 Å². The van der Waals surface area contributed by atoms with E-state index in [2.05, 4.69) is 15.6 Å². The average Bonchev–Trinajstić information content (AvgIpc) is 3.52. The number of allylic oxidation sites excluding steroid dienone is 1. The first kappa shape index (κ1) is 41.8. The Bertz CT molecular complexity index is 2180. The largest absolute Gasteiger partial charge is 0.507 e. The monoisotopic (exact) mass is 808 g/mol. The summed E-state index contributed by atoms with van der Waals surface area (Å²) in [4.78, 5) is 58.4. The van der Waals surface area contributed by atoms with Gasteiger partial charge in [0.15, 0.2) is 11.7 Å². The molecule has 3 aliphatic heterocycles. The highest BCUT2D eigenvalue weighted by Crippen LogP contribution is 2.47. The molecule has 0 unspecified atom stereocenters. The van der Waals surface area contributed by atoms with Gasteiger partial charge in [0, 0.05) is 73.1 Å². The molecule has 3 heterocycles. The number of phenols is 1. The van der Waals surface area contributed by atoms with E-state index in [1.54, 1.807) is 13.0 Å². The molecule has 13 N–H and O–H groups in total. The van der Waals surface area contributed by atoms with Crippen molar-refractivity contribution >= 4 is 29.3 Å². The van der Waals surface area contributed by atoms with Crippen LogP contribution in [0.3, 0.4) is 0 Å². The molecule has 6 rings (SSSR count). The number of methoxy groups -OCH3 is 1. The SMILES string of the molecule is CN=C(N)NCc1c(C)cc2c(c1O)C(=O)c1c(O[C@@H]3O[C@](O)(CO)[C@](O)(C[C@H](CN4C(=O)C=CC4=O)C4=CCNC(N)=C4)[C@H](O)[C@H]3O)cc(OC)c(CO)c1C2=O. The molecule has 0 bridgehead atoms. The number of phenolic OH excluding ortho intramolecular Hbond substituents is 1. The summed E-state index contributed by atoms with van der Waals surface area (Å²) in [5.41, 5.74) is 8.05. The number of amides is 2. The van der Waals surface area contributed by atoms with Gasteiger partial charge in [0.1, 0.15) is 41.7 Å². The van der Waals surface area contributed by atoms with Gasteiger partial charge in [-0.2, -0.15) is 0 Å². The van der Waals surface area contributed by atoms with Gasteiger partial charge in [-0.15, -0.1) is 0 Å². The van der Waals surface area contributed by atoms with Crippen LogP contribution in [0.2, 0.25) is 0 Å². The topological polar surface area (TPSA) is 329 Å². The Hall–Kier alpha value is -5.87. The van der Waals surface area contributed by atoms with E-state index in [0.717, 1.165) is 23.1 Å². The van der Waals surface area contributed by atoms with Crippen LogP contribution in [0.25, 0.3) is 0 Å². The minimum Gasteiger partial charge on any atom is -0.507 e. The van der Waals surface area contributed by atoms with Gasteiger partial charge >= 0.3 is 0 Å². The van der Waals surface area contributed by atoms with E-state index >= 15 is 0 Å². The van der Waals surface area contributed by atoms with Gasteiger partial charge in [0.2, 0.25) is 17.9 Å². The van der Waals surface area contributed by atoms with Crippen LogP contribution in [0.15, 0.2) is 52.8 Å². The lowest BCUT2D eigenvalue weighted by molar-refractivity contribution is -0.420. The first-order valence-corrected chi connectivity index (χ1v) is 17.9. The van der Waals surface area contributed by atoms with E-state index in [-0.39, 0.29) is 52.9 Å². The second-order valence-electron chi connectivity index (χ2n) is 14.1. The second kappa shape index (κ2) is 15.8. The number of ether oxygens (including phenoxy) is 3. The number of aryl methyl sites for hydroxylation is 1. The number of aliphatic hydroxyl groups is 6. The summed E-state index contributed by atoms with van der Waals surface area (Å²) in [6, 6.07) is 2.45. The fraction of sp³-hybridized carbons (Fsp3) is 0.395. The Morgan fingerprint density at radius 2 is 1.76 bits per heavy atom. The van der Waals surface area contributed by atoms with Crippen LogP contribution in [0.1, 0.15) is 55.0 Å². The number of fused-ring (bicyclic) bond motifs is 2. The standard InChI is InChI=1S/C38H44N6O14/c1-16-8-19-28(31(50)20(16)12-43-36(40)41-2)32(51)29-23(10-22(56-3)21(14-45)27(29)30(19)49)57-35-33(52)34(53)37(54,38(55,15-46)58-35)11-18(17-6-7-42-24(39)9-17)13-44-25(47)4-5-26(44)48/h4-6,8-10,18,33-35,42,45-46,50,52-55H,7,11-15,39H2,1-3H3,(H3,40,41,43)/t18-,33-,34-,35-,37+,38-/m1/s1. The van der Waals surface area contributed by atoms with Crippen molar-refractivity contribution in [3.8, 4) is 17.2 Å². The van der Waals surface area contributed by atoms with Crippen molar-refractivity contribution in [2.24, 2.45) is 22.4 Å². The van der Waals surface area contributed by atoms with E-state index in [9.17, 15) is 54.9 Å². The molecule has 6 atom stereocenters. The zero-order chi connectivity index (χ0) is 42.4. The predicted molar refractivity (Wildman–Crippen MR) is 200 cm³/mol. The zero-order valence-electron chi connectivity index (χ0n) is 31.6. The number of carbonyl (C=O) groups excluding carboxylic acids is 4. The van der Waals surface area contributed by atoms with Gasteiger partial charge < -0.3 is 72.1 Å². The van der Waals surface area contributed by atoms with Crippen molar-refractivity contribution in [3.05, 3.63) is 86.8 Å². The third kappa shape index (κ3) is 6.93. The lowest BCUT2D eigenvalue weighted by Crippen LogP contribution is -2.75. The lowest BCUT2D eigenvalue weighted by atomic mass is 9.73. The van der Waals surface area contributed by atoms with Crippen LogP contribution in [-0.4, -0.2) is 134 Å². The van der Waals surface area contributed by atoms with Crippen LogP contribution < -0.4 is 31.6 Å². The number of aromatic hydroxyl groups is 1. The van der Waals surface area contributed by atoms with Crippen LogP contribution in [0, 0.1) is 12.8 Å². The Balaban J connectivity index is 1.39. The Kier molecular flexibility index (Phi) is 11.4. The summed E-state index contributed by atoms with van der Waals surface area (Å²) in [6.07, 6.45) is -2.49. The van der Waals surface area contributed by atoms with E-state index < -0.39 is 108 Å². The molecule has 2 aromatic rings. The van der Waals surface area contributed by atoms with Crippen molar-refractivity contribution in [1.82, 2.24) is 15.5 Å². The van der Waals surface area contributed by atoms with E-state index in [4.69, 9.17) is 25.7 Å². The molecule has 4 aliphatic rings. The highest BCUT2D eigenvalue weighted by Gasteiger charge is 2.65. The number of aliphatic imine (C=N–C) groups is 1. The number of nitrogens with one attached hydrogen (secondary N) is 2. The Morgan fingerprint density at radius 3 is 2.36 bits per heavy atom. The highest BCUT2D eigenvalue weighted by molar-refractivity contribution is 6.31. The summed E-state index contributed by atoms with van der Waals surface area (Å²) < 4.78 is 17.0. The third-order valence-electron chi connectivity index (χ3n) is 10.8. The average molecular weight is 809 g/mol. The quantitative estimate of drug-likeness (QED) is 0.0498. The van der Waals surface area contributed by atoms with Gasteiger partial charge in [-0.05, 0) is 36.6 Å². The molecular formula is C38H44N6O14. The van der Waals surface area contributed by atoms with E-state index in [1.807, 2.05) is 0 Å². The molecule has 1 aliphatic carbocycles. The molecule has 58 heavy (non-hydrogen) atoms. The number of ketones is 2. The molecule has 310 valence electrons. The van der Waals surface area contributed by atoms with Crippen LogP contribution >= 0.6 is 0 Å². The normalized spacial score (nSPS) is 26.1. The number of dihydropyridines is 1. The van der Waals surface area contributed by atoms with Crippen molar-refractivity contribution < 1.29 is 69.1 Å². The molecule has 2 amide bonds. The summed E-state index contributed by atoms with van der Waals surface area (Å²) in [5.74, 6) is -8.45. The second-order valence-corrected chi connectivity index (χ2v) is 14.1. The molecule has 20 heteroatoms. The molecule has 0 aromatic heterocycles. The molecule has 20 nitrogen and oxygen atoms in total. The summed E-state index contributed by atoms with van der Waals surface area (Å²) in [6.45, 7) is -0.930. The first-order valence-electron chi connectivity index (χ1n) is 17.9. The number of hydrogen-bond acceptors (Lipinski definition) is 17. The van der Waals surface area contributed by atoms with Crippen LogP contribution in [0.4, 0.5) is 0 Å². The van der Waals surface area contributed by atoms with Gasteiger partial charge in [-0.1, -0.05) is 6.08 Å². The molecular weight excluding hydrogens is 764 g/mol. The smallest absolute Gasteiger partial charge is 0.253 e. The third-order valence-corrected chi connectivity index (χ3v) is 10.8. The summed E-state index contributed by atoms with van der Waals surface area (Å²) >= 11 is 0. The lowest BCUT2D eigenvalue weighted by Gasteiger charge is -2.53. The minimum absolute atomic E-state index is 0.0251. The number of rotatable bonds is 12. The first-order chi connectivity index (χ1) is 27.4. The molecule has 2 aromatic carbocycles. The van der Waals surface area contributed by atoms with Gasteiger partial charge in [-0.3, -0.25) is 29.1 Å². The molecule has 1 saturated heterocycles. The maximum absolute atomic E-state index is 14.4. The van der Waals surface area contributed by atoms with Crippen molar-refractivity contribution in [1.29, 1.82) is 0 Å².